The zero-order valence-corrected chi connectivity index (χ0v) is 8.71. The number of nitrogens with two attached hydrogens (primary N) is 1. The van der Waals surface area contributed by atoms with E-state index in [9.17, 15) is 0 Å². The van der Waals surface area contributed by atoms with Crippen LogP contribution >= 0.6 is 27.3 Å². The second-order valence-corrected chi connectivity index (χ2v) is 4.22. The van der Waals surface area contributed by atoms with Crippen LogP contribution in [-0.4, -0.2) is 6.54 Å². The van der Waals surface area contributed by atoms with Crippen molar-refractivity contribution in [2.75, 3.05) is 6.54 Å². The summed E-state index contributed by atoms with van der Waals surface area (Å²) in [6.45, 7) is 2.67. The lowest BCUT2D eigenvalue weighted by atomic mass is 10.2. The van der Waals surface area contributed by atoms with Crippen LogP contribution in [0.1, 0.15) is 11.8 Å². The average molecular weight is 232 g/mol. The molecule has 0 aliphatic rings. The van der Waals surface area contributed by atoms with Gasteiger partial charge in [0.25, 0.3) is 0 Å². The molecule has 0 saturated carbocycles. The first-order valence-electron chi connectivity index (χ1n) is 3.33. The number of thiophene rings is 1. The molecule has 0 amide bonds. The fourth-order valence-electron chi connectivity index (χ4n) is 0.706. The van der Waals surface area contributed by atoms with Gasteiger partial charge < -0.3 is 5.73 Å². The van der Waals surface area contributed by atoms with Crippen LogP contribution in [0.15, 0.2) is 21.5 Å². The molecular weight excluding hydrogens is 222 g/mol. The molecule has 1 aromatic heterocycles. The van der Waals surface area contributed by atoms with Crippen LogP contribution in [0.4, 0.5) is 0 Å². The summed E-state index contributed by atoms with van der Waals surface area (Å²) in [7, 11) is 0. The molecule has 1 rings (SSSR count). The molecule has 0 aromatic carbocycles. The Morgan fingerprint density at radius 2 is 2.55 bits per heavy atom. The summed E-state index contributed by atoms with van der Waals surface area (Å²) < 4.78 is 1.14. The molecule has 3 heteroatoms. The van der Waals surface area contributed by atoms with Crippen LogP contribution < -0.4 is 5.73 Å². The van der Waals surface area contributed by atoms with E-state index < -0.39 is 0 Å². The van der Waals surface area contributed by atoms with E-state index in [2.05, 4.69) is 33.5 Å². The Labute approximate surface area is 79.0 Å². The Morgan fingerprint density at radius 1 is 1.82 bits per heavy atom. The number of halogens is 1. The molecule has 1 aromatic rings. The third-order valence-electron chi connectivity index (χ3n) is 1.30. The van der Waals surface area contributed by atoms with Gasteiger partial charge >= 0.3 is 0 Å². The highest BCUT2D eigenvalue weighted by atomic mass is 79.9. The van der Waals surface area contributed by atoms with Crippen molar-refractivity contribution in [1.29, 1.82) is 0 Å². The smallest absolute Gasteiger partial charge is 0.0288 e. The molecule has 0 bridgehead atoms. The summed E-state index contributed by atoms with van der Waals surface area (Å²) in [5, 5.41) is 2.07. The van der Waals surface area contributed by atoms with E-state index in [1.54, 1.807) is 11.3 Å². The zero-order chi connectivity index (χ0) is 8.27. The highest BCUT2D eigenvalue weighted by molar-refractivity contribution is 9.10. The molecule has 0 aliphatic carbocycles. The van der Waals surface area contributed by atoms with Gasteiger partial charge in [0, 0.05) is 21.3 Å². The van der Waals surface area contributed by atoms with E-state index in [0.29, 0.717) is 6.54 Å². The Hall–Kier alpha value is -0.120. The molecule has 0 fully saturated rings. The van der Waals surface area contributed by atoms with Gasteiger partial charge in [0.15, 0.2) is 0 Å². The third kappa shape index (κ3) is 2.77. The number of rotatable bonds is 2. The van der Waals surface area contributed by atoms with Crippen molar-refractivity contribution in [2.45, 2.75) is 6.92 Å². The second-order valence-electron chi connectivity index (χ2n) is 2.36. The lowest BCUT2D eigenvalue weighted by Gasteiger charge is -1.91. The minimum absolute atomic E-state index is 0.634. The second kappa shape index (κ2) is 4.04. The quantitative estimate of drug-likeness (QED) is 0.833. The highest BCUT2D eigenvalue weighted by Crippen LogP contribution is 2.21. The molecule has 60 valence electrons. The van der Waals surface area contributed by atoms with Crippen LogP contribution in [0.25, 0.3) is 6.08 Å². The third-order valence-corrected chi connectivity index (χ3v) is 2.94. The summed E-state index contributed by atoms with van der Waals surface area (Å²) in [6.07, 6.45) is 2.11. The Balaban J connectivity index is 2.78. The van der Waals surface area contributed by atoms with Crippen molar-refractivity contribution in [3.63, 3.8) is 0 Å². The lowest BCUT2D eigenvalue weighted by molar-refractivity contribution is 1.15. The first-order valence-corrected chi connectivity index (χ1v) is 5.01. The van der Waals surface area contributed by atoms with Gasteiger partial charge in [-0.25, -0.2) is 0 Å². The minimum Gasteiger partial charge on any atom is -0.327 e. The van der Waals surface area contributed by atoms with E-state index in [4.69, 9.17) is 5.73 Å². The molecule has 11 heavy (non-hydrogen) atoms. The van der Waals surface area contributed by atoms with Gasteiger partial charge in [-0.15, -0.1) is 11.3 Å². The van der Waals surface area contributed by atoms with Crippen molar-refractivity contribution in [3.05, 3.63) is 26.4 Å². The molecule has 2 N–H and O–H groups in total. The van der Waals surface area contributed by atoms with Gasteiger partial charge in [0.1, 0.15) is 0 Å². The van der Waals surface area contributed by atoms with Crippen LogP contribution in [0, 0.1) is 0 Å². The predicted octanol–water partition coefficient (Wildman–Crippen LogP) is 2.87. The van der Waals surface area contributed by atoms with E-state index in [0.717, 1.165) is 4.47 Å². The minimum atomic E-state index is 0.634. The molecule has 0 spiro atoms. The average Bonchev–Trinajstić information content (AvgIpc) is 2.35. The monoisotopic (exact) mass is 231 g/mol. The number of hydrogen-bond acceptors (Lipinski definition) is 2. The SMILES string of the molecule is CC(=Cc1cc(Br)cs1)CN. The topological polar surface area (TPSA) is 26.0 Å². The van der Waals surface area contributed by atoms with Gasteiger partial charge in [-0.2, -0.15) is 0 Å². The van der Waals surface area contributed by atoms with Crippen LogP contribution in [0.3, 0.4) is 0 Å². The van der Waals surface area contributed by atoms with Gasteiger partial charge in [-0.3, -0.25) is 0 Å². The molecule has 1 heterocycles. The van der Waals surface area contributed by atoms with Crippen molar-refractivity contribution < 1.29 is 0 Å². The summed E-state index contributed by atoms with van der Waals surface area (Å²) in [4.78, 5) is 1.25. The summed E-state index contributed by atoms with van der Waals surface area (Å²) >= 11 is 5.11. The molecule has 0 unspecified atom stereocenters. The maximum atomic E-state index is 5.45. The van der Waals surface area contributed by atoms with E-state index >= 15 is 0 Å². The van der Waals surface area contributed by atoms with Gasteiger partial charge in [-0.05, 0) is 35.0 Å². The standard InChI is InChI=1S/C8H10BrNS/c1-6(4-10)2-8-3-7(9)5-11-8/h2-3,5H,4,10H2,1H3. The van der Waals surface area contributed by atoms with Crippen molar-refractivity contribution in [1.82, 2.24) is 0 Å². The summed E-state index contributed by atoms with van der Waals surface area (Å²) in [5.41, 5.74) is 6.66. The molecule has 1 nitrogen and oxygen atoms in total. The first kappa shape index (κ1) is 8.97. The Kier molecular flexibility index (Phi) is 3.30. The fourth-order valence-corrected chi connectivity index (χ4v) is 2.17. The van der Waals surface area contributed by atoms with Gasteiger partial charge in [-0.1, -0.05) is 5.57 Å². The lowest BCUT2D eigenvalue weighted by Crippen LogP contribution is -1.98. The van der Waals surface area contributed by atoms with E-state index in [-0.39, 0.29) is 0 Å². The van der Waals surface area contributed by atoms with Crippen molar-refractivity contribution in [3.8, 4) is 0 Å². The van der Waals surface area contributed by atoms with Gasteiger partial charge in [0.05, 0.1) is 0 Å². The predicted molar refractivity (Wildman–Crippen MR) is 54.7 cm³/mol. The molecule has 0 atom stereocenters. The molecule has 0 saturated heterocycles. The molecule has 0 aliphatic heterocycles. The number of hydrogen-bond donors (Lipinski definition) is 1. The molecular formula is C8H10BrNS. The fraction of sp³-hybridized carbons (Fsp3) is 0.250. The largest absolute Gasteiger partial charge is 0.327 e. The highest BCUT2D eigenvalue weighted by Gasteiger charge is 1.93. The van der Waals surface area contributed by atoms with E-state index in [1.807, 2.05) is 6.92 Å². The van der Waals surface area contributed by atoms with Crippen molar-refractivity contribution in [2.24, 2.45) is 5.73 Å². The normalized spacial score (nSPS) is 12.1. The zero-order valence-electron chi connectivity index (χ0n) is 6.30. The van der Waals surface area contributed by atoms with Crippen LogP contribution in [0.2, 0.25) is 0 Å². The summed E-state index contributed by atoms with van der Waals surface area (Å²) in [5.74, 6) is 0. The summed E-state index contributed by atoms with van der Waals surface area (Å²) in [6, 6.07) is 2.09. The molecule has 0 radical (unpaired) electrons. The van der Waals surface area contributed by atoms with E-state index in [1.165, 1.54) is 10.5 Å². The van der Waals surface area contributed by atoms with Gasteiger partial charge in [0.2, 0.25) is 0 Å². The maximum absolute atomic E-state index is 5.45. The first-order chi connectivity index (χ1) is 5.22. The van der Waals surface area contributed by atoms with Crippen molar-refractivity contribution >= 4 is 33.3 Å². The Bertz CT molecular complexity index is 265. The maximum Gasteiger partial charge on any atom is 0.0288 e. The van der Waals surface area contributed by atoms with Crippen LogP contribution in [-0.2, 0) is 0 Å². The van der Waals surface area contributed by atoms with Crippen LogP contribution in [0.5, 0.6) is 0 Å². The Morgan fingerprint density at radius 3 is 3.00 bits per heavy atom.